The molecule has 0 saturated carbocycles. The number of amides is 1. The molecule has 2 heterocycles. The Morgan fingerprint density at radius 1 is 1.04 bits per heavy atom. The van der Waals surface area contributed by atoms with Gasteiger partial charge in [0.15, 0.2) is 0 Å². The van der Waals surface area contributed by atoms with E-state index in [1.54, 1.807) is 18.2 Å². The van der Waals surface area contributed by atoms with Gasteiger partial charge in [-0.2, -0.15) is 26.3 Å². The molecule has 11 nitrogen and oxygen atoms in total. The van der Waals surface area contributed by atoms with E-state index in [1.807, 2.05) is 0 Å². The van der Waals surface area contributed by atoms with Crippen LogP contribution in [0.2, 0.25) is 5.02 Å². The van der Waals surface area contributed by atoms with Crippen molar-refractivity contribution >= 4 is 46.9 Å². The first-order valence-electron chi connectivity index (χ1n) is 13.2. The number of aliphatic carboxylic acids is 1. The minimum atomic E-state index is -5.08. The number of anilines is 3. The zero-order valence-corrected chi connectivity index (χ0v) is 24.3. The fraction of sp³-hybridized carbons (Fsp3) is 0.286. The largest absolute Gasteiger partial charge is 0.490 e. The molecule has 1 aliphatic rings. The van der Waals surface area contributed by atoms with Crippen LogP contribution in [0.3, 0.4) is 0 Å². The number of nitrogens with one attached hydrogen (secondary N) is 3. The summed E-state index contributed by atoms with van der Waals surface area (Å²) in [5, 5.41) is 25.2. The Morgan fingerprint density at radius 3 is 2.43 bits per heavy atom. The fourth-order valence-corrected chi connectivity index (χ4v) is 3.91. The van der Waals surface area contributed by atoms with Gasteiger partial charge in [-0.15, -0.1) is 0 Å². The smallest absolute Gasteiger partial charge is 0.475 e. The lowest BCUT2D eigenvalue weighted by atomic mass is 10.1. The molecule has 46 heavy (non-hydrogen) atoms. The van der Waals surface area contributed by atoms with E-state index in [2.05, 4.69) is 25.9 Å². The van der Waals surface area contributed by atoms with Crippen molar-refractivity contribution in [2.24, 2.45) is 0 Å². The van der Waals surface area contributed by atoms with Crippen LogP contribution in [-0.2, 0) is 20.5 Å². The first kappa shape index (κ1) is 35.9. The average Bonchev–Trinajstić information content (AvgIpc) is 3.21. The number of carbonyl (C=O) groups is 2. The summed E-state index contributed by atoms with van der Waals surface area (Å²) >= 11 is 6.37. The maximum atomic E-state index is 13.0. The summed E-state index contributed by atoms with van der Waals surface area (Å²) < 4.78 is 81.5. The van der Waals surface area contributed by atoms with Gasteiger partial charge in [0.1, 0.15) is 29.5 Å². The highest BCUT2D eigenvalue weighted by molar-refractivity contribution is 6.32. The molecule has 0 spiro atoms. The fourth-order valence-electron chi connectivity index (χ4n) is 3.69. The minimum Gasteiger partial charge on any atom is -0.475 e. The molecule has 248 valence electrons. The summed E-state index contributed by atoms with van der Waals surface area (Å²) in [6, 6.07) is 9.22. The summed E-state index contributed by atoms with van der Waals surface area (Å²) in [5.41, 5.74) is 0.784. The lowest BCUT2D eigenvalue weighted by molar-refractivity contribution is -0.192. The number of alkyl halides is 6. The van der Waals surface area contributed by atoms with E-state index in [1.165, 1.54) is 24.5 Å². The van der Waals surface area contributed by atoms with Gasteiger partial charge in [-0.25, -0.2) is 14.8 Å². The van der Waals surface area contributed by atoms with Crippen molar-refractivity contribution in [3.8, 4) is 11.5 Å². The number of hydrogen-bond acceptors (Lipinski definition) is 9. The number of carbonyl (C=O) groups excluding carboxylic acids is 1. The van der Waals surface area contributed by atoms with Crippen LogP contribution in [0.5, 0.6) is 11.5 Å². The van der Waals surface area contributed by atoms with E-state index in [0.717, 1.165) is 12.1 Å². The van der Waals surface area contributed by atoms with Gasteiger partial charge in [-0.1, -0.05) is 17.7 Å². The number of aliphatic hydroxyl groups excluding tert-OH is 1. The number of halogens is 7. The zero-order chi connectivity index (χ0) is 33.9. The number of carboxylic acid groups (broad SMARTS) is 1. The van der Waals surface area contributed by atoms with E-state index in [4.69, 9.17) is 36.1 Å². The van der Waals surface area contributed by atoms with Crippen molar-refractivity contribution in [2.45, 2.75) is 18.8 Å². The van der Waals surface area contributed by atoms with Gasteiger partial charge in [-0.05, 0) is 48.9 Å². The number of benzene rings is 2. The molecule has 0 bridgehead atoms. The molecule has 0 atom stereocenters. The molecule has 0 radical (unpaired) electrons. The molecular formula is C28H26ClF6N5O6. The van der Waals surface area contributed by atoms with Gasteiger partial charge in [-0.3, -0.25) is 4.79 Å². The highest BCUT2D eigenvalue weighted by atomic mass is 35.5. The highest BCUT2D eigenvalue weighted by Gasteiger charge is 2.38. The number of rotatable bonds is 10. The second kappa shape index (κ2) is 16.1. The van der Waals surface area contributed by atoms with Crippen LogP contribution < -0.4 is 20.7 Å². The van der Waals surface area contributed by atoms with Crippen molar-refractivity contribution in [1.82, 2.24) is 15.3 Å². The quantitative estimate of drug-likeness (QED) is 0.134. The van der Waals surface area contributed by atoms with Crippen LogP contribution in [0, 0.1) is 0 Å². The molecule has 0 unspecified atom stereocenters. The molecule has 4 rings (SSSR count). The lowest BCUT2D eigenvalue weighted by Crippen LogP contribution is -2.29. The second-order valence-corrected chi connectivity index (χ2v) is 9.53. The van der Waals surface area contributed by atoms with Crippen LogP contribution in [0.15, 0.2) is 54.4 Å². The van der Waals surface area contributed by atoms with Crippen LogP contribution in [0.4, 0.5) is 43.7 Å². The molecule has 18 heteroatoms. The Labute approximate surface area is 262 Å². The van der Waals surface area contributed by atoms with Gasteiger partial charge >= 0.3 is 18.3 Å². The van der Waals surface area contributed by atoms with Crippen molar-refractivity contribution in [1.29, 1.82) is 0 Å². The van der Waals surface area contributed by atoms with E-state index in [9.17, 15) is 31.1 Å². The normalized spacial score (nSPS) is 12.7. The second-order valence-electron chi connectivity index (χ2n) is 9.12. The lowest BCUT2D eigenvalue weighted by Gasteiger charge is -2.14. The Hall–Kier alpha value is -4.61. The SMILES string of the molecule is O=C(NCCOCCO)C1=Cc2c(ncnc2Nc2ccc(Oc3cccc(C(F)(F)F)c3)c(Cl)c2)NCC1.O=C(O)C(F)(F)F. The molecule has 2 aromatic carbocycles. The number of aliphatic hydroxyl groups is 1. The first-order valence-corrected chi connectivity index (χ1v) is 13.5. The standard InChI is InChI=1S/C26H25ClF3N5O4.C2HF3O2/c27-21-14-18(4-5-22(21)39-19-3-1-2-17(13-19)26(28,29)30)35-24-20-12-16(6-7-31-23(20)33-15-34-24)25(37)32-8-10-38-11-9-36;3-2(4,5)1(6)7/h1-5,12-15,36H,6-11H2,(H,32,37)(H2,31,33,34,35);(H,6,7). The Bertz CT molecular complexity index is 1550. The third kappa shape index (κ3) is 10.8. The van der Waals surface area contributed by atoms with Crippen LogP contribution in [0.25, 0.3) is 6.08 Å². The van der Waals surface area contributed by atoms with Crippen LogP contribution in [-0.4, -0.2) is 71.1 Å². The van der Waals surface area contributed by atoms with Crippen LogP contribution >= 0.6 is 11.6 Å². The van der Waals surface area contributed by atoms with Crippen LogP contribution in [0.1, 0.15) is 17.5 Å². The first-order chi connectivity index (χ1) is 21.7. The molecular weight excluding hydrogens is 652 g/mol. The number of aromatic nitrogens is 2. The third-order valence-corrected chi connectivity index (χ3v) is 6.07. The van der Waals surface area contributed by atoms with E-state index >= 15 is 0 Å². The van der Waals surface area contributed by atoms with Crippen molar-refractivity contribution in [2.75, 3.05) is 43.5 Å². The number of carboxylic acids is 1. The van der Waals surface area contributed by atoms with E-state index < -0.39 is 23.9 Å². The molecule has 1 aliphatic heterocycles. The summed E-state index contributed by atoms with van der Waals surface area (Å²) in [6.45, 7) is 1.16. The maximum absolute atomic E-state index is 13.0. The molecule has 0 aliphatic carbocycles. The molecule has 0 fully saturated rings. The molecule has 5 N–H and O–H groups in total. The zero-order valence-electron chi connectivity index (χ0n) is 23.5. The monoisotopic (exact) mass is 677 g/mol. The van der Waals surface area contributed by atoms with Gasteiger partial charge in [0.25, 0.3) is 0 Å². The van der Waals surface area contributed by atoms with Gasteiger partial charge in [0, 0.05) is 24.4 Å². The molecule has 0 saturated heterocycles. The predicted molar refractivity (Wildman–Crippen MR) is 154 cm³/mol. The third-order valence-electron chi connectivity index (χ3n) is 5.77. The number of fused-ring (bicyclic) bond motifs is 1. The van der Waals surface area contributed by atoms with Crippen molar-refractivity contribution < 1.29 is 55.6 Å². The Kier molecular flexibility index (Phi) is 12.6. The van der Waals surface area contributed by atoms with Gasteiger partial charge in [0.2, 0.25) is 5.91 Å². The number of nitrogens with zero attached hydrogens (tertiary/aromatic N) is 2. The Balaban J connectivity index is 0.000000738. The molecule has 3 aromatic rings. The number of hydrogen-bond donors (Lipinski definition) is 5. The summed E-state index contributed by atoms with van der Waals surface area (Å²) in [7, 11) is 0. The van der Waals surface area contributed by atoms with Gasteiger partial charge in [0.05, 0.1) is 36.0 Å². The average molecular weight is 678 g/mol. The maximum Gasteiger partial charge on any atom is 0.490 e. The predicted octanol–water partition coefficient (Wildman–Crippen LogP) is 5.64. The van der Waals surface area contributed by atoms with E-state index in [0.29, 0.717) is 48.0 Å². The highest BCUT2D eigenvalue weighted by Crippen LogP contribution is 2.36. The number of ether oxygens (including phenoxy) is 2. The summed E-state index contributed by atoms with van der Waals surface area (Å²) in [4.78, 5) is 30.2. The Morgan fingerprint density at radius 2 is 1.78 bits per heavy atom. The molecule has 1 amide bonds. The summed E-state index contributed by atoms with van der Waals surface area (Å²) in [6.07, 6.45) is -6.05. The minimum absolute atomic E-state index is 0.00414. The topological polar surface area (TPSA) is 155 Å². The van der Waals surface area contributed by atoms with Crippen molar-refractivity contribution in [3.05, 3.63) is 70.5 Å². The molecule has 1 aromatic heterocycles. The van der Waals surface area contributed by atoms with Crippen molar-refractivity contribution in [3.63, 3.8) is 0 Å². The van der Waals surface area contributed by atoms with Gasteiger partial charge < -0.3 is 35.6 Å². The van der Waals surface area contributed by atoms with E-state index in [-0.39, 0.29) is 42.2 Å². The summed E-state index contributed by atoms with van der Waals surface area (Å²) in [5.74, 6) is -1.90.